The van der Waals surface area contributed by atoms with Crippen LogP contribution in [0.4, 0.5) is 0 Å². The summed E-state index contributed by atoms with van der Waals surface area (Å²) in [4.78, 5) is 38.6. The van der Waals surface area contributed by atoms with Gasteiger partial charge in [0.15, 0.2) is 0 Å². The molecule has 0 radical (unpaired) electrons. The molecule has 0 aromatic heterocycles. The molecule has 28 heavy (non-hydrogen) atoms. The molecule has 1 aromatic rings. The maximum atomic E-state index is 12.8. The van der Waals surface area contributed by atoms with Gasteiger partial charge in [-0.15, -0.1) is 0 Å². The lowest BCUT2D eigenvalue weighted by atomic mass is 10.1. The Balaban J connectivity index is 0.00000136. The number of carbonyl (C=O) groups is 3. The Bertz CT molecular complexity index is 667. The Labute approximate surface area is 166 Å². The molecule has 0 saturated carbocycles. The van der Waals surface area contributed by atoms with Gasteiger partial charge in [-0.2, -0.15) is 0 Å². The minimum absolute atomic E-state index is 0.119. The number of carbonyl (C=O) groups excluding carboxylic acids is 3. The van der Waals surface area contributed by atoms with Crippen LogP contribution in [0.5, 0.6) is 0 Å². The third-order valence-corrected chi connectivity index (χ3v) is 4.63. The number of fused-ring (bicyclic) bond motifs is 1. The van der Waals surface area contributed by atoms with Crippen molar-refractivity contribution in [1.82, 2.24) is 20.9 Å². The molecule has 3 atom stereocenters. The Morgan fingerprint density at radius 3 is 2.57 bits per heavy atom. The summed E-state index contributed by atoms with van der Waals surface area (Å²) < 4.78 is 5.70. The van der Waals surface area contributed by atoms with Crippen LogP contribution in [0.25, 0.3) is 0 Å². The smallest absolute Gasteiger partial charge is 0.250 e. The van der Waals surface area contributed by atoms with Crippen LogP contribution < -0.4 is 16.0 Å². The SMILES string of the molecule is CC.CNCC(=O)N[C@H]1COC2CCC(C(=O)NCc3ccccc3)N2C1=O. The standard InChI is InChI=1S/C18H24N4O4.C2H6/c1-19-10-15(23)21-13-11-26-16-8-7-14(22(16)18(13)25)17(24)20-9-12-5-3-2-4-6-12;1-2/h2-6,13-14,16,19H,7-11H2,1H3,(H,20,24)(H,21,23);1-2H3/t13-,14?,16?;/m0./s1. The van der Waals surface area contributed by atoms with Crippen molar-refractivity contribution in [1.29, 1.82) is 0 Å². The second kappa shape index (κ2) is 10.8. The van der Waals surface area contributed by atoms with Gasteiger partial charge in [0.05, 0.1) is 13.2 Å². The molecule has 2 saturated heterocycles. The van der Waals surface area contributed by atoms with E-state index >= 15 is 0 Å². The summed E-state index contributed by atoms with van der Waals surface area (Å²) in [5.74, 6) is -0.740. The average Bonchev–Trinajstić information content (AvgIpc) is 3.16. The second-order valence-electron chi connectivity index (χ2n) is 6.48. The van der Waals surface area contributed by atoms with Crippen LogP contribution in [0.1, 0.15) is 32.3 Å². The van der Waals surface area contributed by atoms with Crippen molar-refractivity contribution in [3.8, 4) is 0 Å². The van der Waals surface area contributed by atoms with Crippen molar-refractivity contribution in [3.05, 3.63) is 35.9 Å². The number of benzene rings is 1. The highest BCUT2D eigenvalue weighted by atomic mass is 16.5. The largest absolute Gasteiger partial charge is 0.356 e. The molecule has 2 heterocycles. The monoisotopic (exact) mass is 390 g/mol. The number of rotatable bonds is 6. The summed E-state index contributed by atoms with van der Waals surface area (Å²) in [5, 5.41) is 8.27. The van der Waals surface area contributed by atoms with Gasteiger partial charge in [-0.3, -0.25) is 14.4 Å². The van der Waals surface area contributed by atoms with Gasteiger partial charge in [-0.25, -0.2) is 0 Å². The predicted molar refractivity (Wildman–Crippen MR) is 105 cm³/mol. The summed E-state index contributed by atoms with van der Waals surface area (Å²) in [6, 6.07) is 8.27. The van der Waals surface area contributed by atoms with Gasteiger partial charge in [0.1, 0.15) is 18.3 Å². The van der Waals surface area contributed by atoms with Crippen LogP contribution in [0.3, 0.4) is 0 Å². The lowest BCUT2D eigenvalue weighted by Gasteiger charge is -2.37. The molecule has 0 spiro atoms. The second-order valence-corrected chi connectivity index (χ2v) is 6.48. The fourth-order valence-electron chi connectivity index (χ4n) is 3.37. The molecule has 1 aromatic carbocycles. The van der Waals surface area contributed by atoms with E-state index in [-0.39, 0.29) is 30.9 Å². The molecule has 3 N–H and O–H groups in total. The van der Waals surface area contributed by atoms with E-state index in [1.165, 1.54) is 4.90 Å². The van der Waals surface area contributed by atoms with Crippen LogP contribution in [-0.4, -0.2) is 61.1 Å². The molecular weight excluding hydrogens is 360 g/mol. The van der Waals surface area contributed by atoms with E-state index in [0.29, 0.717) is 19.4 Å². The molecular formula is C20H30N4O4. The van der Waals surface area contributed by atoms with Crippen LogP contribution in [0.2, 0.25) is 0 Å². The Hall–Kier alpha value is -2.45. The lowest BCUT2D eigenvalue weighted by Crippen LogP contribution is -2.61. The van der Waals surface area contributed by atoms with E-state index in [9.17, 15) is 14.4 Å². The van der Waals surface area contributed by atoms with Crippen LogP contribution in [-0.2, 0) is 25.7 Å². The van der Waals surface area contributed by atoms with Crippen molar-refractivity contribution in [2.24, 2.45) is 0 Å². The van der Waals surface area contributed by atoms with Gasteiger partial charge in [0.25, 0.3) is 0 Å². The molecule has 0 aliphatic carbocycles. The molecule has 3 amide bonds. The fourth-order valence-corrected chi connectivity index (χ4v) is 3.37. The van der Waals surface area contributed by atoms with Crippen LogP contribution in [0, 0.1) is 0 Å². The molecule has 3 rings (SSSR count). The molecule has 2 fully saturated rings. The number of nitrogens with zero attached hydrogens (tertiary/aromatic N) is 1. The average molecular weight is 390 g/mol. The van der Waals surface area contributed by atoms with Gasteiger partial charge in [-0.1, -0.05) is 44.2 Å². The van der Waals surface area contributed by atoms with E-state index in [1.807, 2.05) is 44.2 Å². The zero-order chi connectivity index (χ0) is 20.5. The van der Waals surface area contributed by atoms with E-state index in [0.717, 1.165) is 5.56 Å². The zero-order valence-electron chi connectivity index (χ0n) is 16.7. The Morgan fingerprint density at radius 2 is 1.89 bits per heavy atom. The molecule has 2 aliphatic rings. The molecule has 8 nitrogen and oxygen atoms in total. The number of amides is 3. The van der Waals surface area contributed by atoms with E-state index in [4.69, 9.17) is 4.74 Å². The van der Waals surface area contributed by atoms with Crippen molar-refractivity contribution in [3.63, 3.8) is 0 Å². The summed E-state index contributed by atoms with van der Waals surface area (Å²) >= 11 is 0. The highest BCUT2D eigenvalue weighted by molar-refractivity contribution is 5.93. The number of likely N-dealkylation sites (N-methyl/N-ethyl adjacent to an activating group) is 1. The number of nitrogens with one attached hydrogen (secondary N) is 3. The normalized spacial score (nSPS) is 23.3. The molecule has 2 unspecified atom stereocenters. The maximum absolute atomic E-state index is 12.8. The third-order valence-electron chi connectivity index (χ3n) is 4.63. The third kappa shape index (κ3) is 5.30. The van der Waals surface area contributed by atoms with E-state index in [2.05, 4.69) is 16.0 Å². The minimum Gasteiger partial charge on any atom is -0.356 e. The van der Waals surface area contributed by atoms with Crippen molar-refractivity contribution in [2.75, 3.05) is 20.2 Å². The number of ether oxygens (including phenoxy) is 1. The van der Waals surface area contributed by atoms with E-state index < -0.39 is 18.3 Å². The fraction of sp³-hybridized carbons (Fsp3) is 0.550. The molecule has 8 heteroatoms. The number of hydrogen-bond acceptors (Lipinski definition) is 5. The first-order valence-corrected chi connectivity index (χ1v) is 9.79. The van der Waals surface area contributed by atoms with Gasteiger partial charge in [0, 0.05) is 6.54 Å². The summed E-state index contributed by atoms with van der Waals surface area (Å²) in [6.45, 7) is 4.66. The van der Waals surface area contributed by atoms with Crippen molar-refractivity contribution in [2.45, 2.75) is 51.5 Å². The summed E-state index contributed by atoms with van der Waals surface area (Å²) in [6.07, 6.45) is 0.771. The number of hydrogen-bond donors (Lipinski definition) is 3. The molecule has 0 bridgehead atoms. The zero-order valence-corrected chi connectivity index (χ0v) is 16.7. The first-order valence-electron chi connectivity index (χ1n) is 9.79. The minimum atomic E-state index is -0.755. The van der Waals surface area contributed by atoms with Crippen molar-refractivity contribution >= 4 is 17.7 Å². The van der Waals surface area contributed by atoms with Gasteiger partial charge < -0.3 is 25.6 Å². The molecule has 2 aliphatic heterocycles. The van der Waals surface area contributed by atoms with Gasteiger partial charge in [0.2, 0.25) is 17.7 Å². The lowest BCUT2D eigenvalue weighted by molar-refractivity contribution is -0.167. The van der Waals surface area contributed by atoms with Crippen LogP contribution in [0.15, 0.2) is 30.3 Å². The quantitative estimate of drug-likeness (QED) is 0.652. The van der Waals surface area contributed by atoms with Gasteiger partial charge >= 0.3 is 0 Å². The van der Waals surface area contributed by atoms with Gasteiger partial charge in [-0.05, 0) is 25.5 Å². The topological polar surface area (TPSA) is 99.8 Å². The highest BCUT2D eigenvalue weighted by Gasteiger charge is 2.47. The van der Waals surface area contributed by atoms with Crippen molar-refractivity contribution < 1.29 is 19.1 Å². The maximum Gasteiger partial charge on any atom is 0.250 e. The highest BCUT2D eigenvalue weighted by Crippen LogP contribution is 2.29. The first kappa shape index (κ1) is 21.8. The summed E-state index contributed by atoms with van der Waals surface area (Å²) in [7, 11) is 1.66. The summed E-state index contributed by atoms with van der Waals surface area (Å²) in [5.41, 5.74) is 0.994. The predicted octanol–water partition coefficient (Wildman–Crippen LogP) is 0.381. The van der Waals surface area contributed by atoms with Crippen LogP contribution >= 0.6 is 0 Å². The molecule has 154 valence electrons. The Kier molecular flexibility index (Phi) is 8.41. The first-order chi connectivity index (χ1) is 13.6. The van der Waals surface area contributed by atoms with E-state index in [1.54, 1.807) is 7.05 Å². The Morgan fingerprint density at radius 1 is 1.18 bits per heavy atom.